The van der Waals surface area contributed by atoms with Gasteiger partial charge in [-0.15, -0.1) is 0 Å². The largest absolute Gasteiger partial charge is 0.477 e. The smallest absolute Gasteiger partial charge is 0.218 e. The molecule has 5 nitrogen and oxygen atoms in total. The van der Waals surface area contributed by atoms with Crippen molar-refractivity contribution in [2.75, 3.05) is 25.6 Å². The van der Waals surface area contributed by atoms with Crippen molar-refractivity contribution in [1.82, 2.24) is 9.97 Å². The van der Waals surface area contributed by atoms with Gasteiger partial charge in [0, 0.05) is 24.0 Å². The van der Waals surface area contributed by atoms with Crippen LogP contribution in [0.15, 0.2) is 6.07 Å². The molecule has 1 atom stereocenters. The summed E-state index contributed by atoms with van der Waals surface area (Å²) in [6, 6.07) is 1.67. The van der Waals surface area contributed by atoms with Gasteiger partial charge in [0.25, 0.3) is 0 Å². The lowest BCUT2D eigenvalue weighted by molar-refractivity contribution is 0.165. The van der Waals surface area contributed by atoms with Gasteiger partial charge in [-0.25, -0.2) is 4.98 Å². The fourth-order valence-electron chi connectivity index (χ4n) is 1.77. The van der Waals surface area contributed by atoms with E-state index in [9.17, 15) is 0 Å². The van der Waals surface area contributed by atoms with Crippen molar-refractivity contribution in [2.24, 2.45) is 5.92 Å². The van der Waals surface area contributed by atoms with Crippen LogP contribution in [0.4, 0.5) is 5.82 Å². The molecule has 1 fully saturated rings. The third kappa shape index (κ3) is 3.32. The SMILES string of the molecule is CC(C)(C)c1nc(N)cc(OCC2CCOC2)n1. The molecule has 0 saturated carbocycles. The fourth-order valence-corrected chi connectivity index (χ4v) is 1.77. The molecule has 0 aromatic carbocycles. The molecule has 100 valence electrons. The molecule has 5 heteroatoms. The van der Waals surface area contributed by atoms with Crippen LogP contribution in [0, 0.1) is 5.92 Å². The predicted molar refractivity (Wildman–Crippen MR) is 69.6 cm³/mol. The van der Waals surface area contributed by atoms with Crippen LogP contribution in [0.1, 0.15) is 33.0 Å². The second-order valence-corrected chi connectivity index (χ2v) is 5.75. The molecule has 2 rings (SSSR count). The van der Waals surface area contributed by atoms with Gasteiger partial charge in [0.1, 0.15) is 11.6 Å². The van der Waals surface area contributed by atoms with Gasteiger partial charge in [0.05, 0.1) is 13.2 Å². The van der Waals surface area contributed by atoms with E-state index in [1.54, 1.807) is 6.07 Å². The van der Waals surface area contributed by atoms with Gasteiger partial charge in [-0.05, 0) is 6.42 Å². The summed E-state index contributed by atoms with van der Waals surface area (Å²) in [4.78, 5) is 8.66. The average Bonchev–Trinajstić information content (AvgIpc) is 2.77. The van der Waals surface area contributed by atoms with E-state index in [2.05, 4.69) is 30.7 Å². The highest BCUT2D eigenvalue weighted by atomic mass is 16.5. The molecule has 1 aliphatic heterocycles. The maximum Gasteiger partial charge on any atom is 0.218 e. The van der Waals surface area contributed by atoms with Gasteiger partial charge in [-0.1, -0.05) is 20.8 Å². The highest BCUT2D eigenvalue weighted by Gasteiger charge is 2.20. The van der Waals surface area contributed by atoms with Crippen LogP contribution < -0.4 is 10.5 Å². The maximum atomic E-state index is 5.78. The van der Waals surface area contributed by atoms with E-state index in [-0.39, 0.29) is 5.41 Å². The van der Waals surface area contributed by atoms with Crippen LogP contribution in [0.3, 0.4) is 0 Å². The van der Waals surface area contributed by atoms with Crippen molar-refractivity contribution in [3.63, 3.8) is 0 Å². The standard InChI is InChI=1S/C13H21N3O2/c1-13(2,3)12-15-10(14)6-11(16-12)18-8-9-4-5-17-7-9/h6,9H,4-5,7-8H2,1-3H3,(H2,14,15,16). The molecule has 1 aromatic rings. The number of hydrogen-bond acceptors (Lipinski definition) is 5. The Labute approximate surface area is 108 Å². The Balaban J connectivity index is 2.05. The molecule has 0 amide bonds. The van der Waals surface area contributed by atoms with Crippen LogP contribution >= 0.6 is 0 Å². The summed E-state index contributed by atoms with van der Waals surface area (Å²) in [7, 11) is 0. The fraction of sp³-hybridized carbons (Fsp3) is 0.692. The summed E-state index contributed by atoms with van der Waals surface area (Å²) in [5.41, 5.74) is 5.65. The third-order valence-corrected chi connectivity index (χ3v) is 2.88. The number of aromatic nitrogens is 2. The zero-order chi connectivity index (χ0) is 13.2. The Morgan fingerprint density at radius 2 is 2.22 bits per heavy atom. The maximum absolute atomic E-state index is 5.78. The van der Waals surface area contributed by atoms with E-state index < -0.39 is 0 Å². The molecule has 1 aliphatic rings. The molecule has 2 N–H and O–H groups in total. The molecule has 0 radical (unpaired) electrons. The summed E-state index contributed by atoms with van der Waals surface area (Å²) in [5.74, 6) is 2.17. The monoisotopic (exact) mass is 251 g/mol. The number of hydrogen-bond donors (Lipinski definition) is 1. The molecule has 1 aromatic heterocycles. The molecular weight excluding hydrogens is 230 g/mol. The van der Waals surface area contributed by atoms with Gasteiger partial charge < -0.3 is 15.2 Å². The number of anilines is 1. The summed E-state index contributed by atoms with van der Waals surface area (Å²) in [6.45, 7) is 8.38. The van der Waals surface area contributed by atoms with Gasteiger partial charge in [-0.2, -0.15) is 4.98 Å². The third-order valence-electron chi connectivity index (χ3n) is 2.88. The van der Waals surface area contributed by atoms with E-state index in [1.807, 2.05) is 0 Å². The number of ether oxygens (including phenoxy) is 2. The van der Waals surface area contributed by atoms with Gasteiger partial charge in [-0.3, -0.25) is 0 Å². The number of nitrogens with zero attached hydrogens (tertiary/aromatic N) is 2. The normalized spacial score (nSPS) is 20.1. The van der Waals surface area contributed by atoms with Gasteiger partial charge in [0.15, 0.2) is 0 Å². The summed E-state index contributed by atoms with van der Waals surface area (Å²) in [6.07, 6.45) is 1.05. The van der Waals surface area contributed by atoms with Crippen LogP contribution in [0.5, 0.6) is 5.88 Å². The van der Waals surface area contributed by atoms with Gasteiger partial charge in [0.2, 0.25) is 5.88 Å². The summed E-state index contributed by atoms with van der Waals surface area (Å²) < 4.78 is 11.0. The Kier molecular flexibility index (Phi) is 3.71. The second kappa shape index (κ2) is 5.10. The first kappa shape index (κ1) is 13.1. The van der Waals surface area contributed by atoms with Crippen LogP contribution in [-0.2, 0) is 10.2 Å². The van der Waals surface area contributed by atoms with Crippen molar-refractivity contribution < 1.29 is 9.47 Å². The van der Waals surface area contributed by atoms with Crippen molar-refractivity contribution in [2.45, 2.75) is 32.6 Å². The molecule has 0 aliphatic carbocycles. The van der Waals surface area contributed by atoms with Crippen molar-refractivity contribution in [3.8, 4) is 5.88 Å². The highest BCUT2D eigenvalue weighted by molar-refractivity contribution is 5.34. The van der Waals surface area contributed by atoms with E-state index in [0.29, 0.717) is 30.0 Å². The zero-order valence-electron chi connectivity index (χ0n) is 11.3. The minimum Gasteiger partial charge on any atom is -0.477 e. The minimum atomic E-state index is -0.135. The molecule has 0 bridgehead atoms. The molecule has 1 saturated heterocycles. The lowest BCUT2D eigenvalue weighted by Crippen LogP contribution is -2.19. The van der Waals surface area contributed by atoms with Crippen LogP contribution in [-0.4, -0.2) is 29.8 Å². The second-order valence-electron chi connectivity index (χ2n) is 5.75. The van der Waals surface area contributed by atoms with E-state index >= 15 is 0 Å². The summed E-state index contributed by atoms with van der Waals surface area (Å²) >= 11 is 0. The Morgan fingerprint density at radius 3 is 2.83 bits per heavy atom. The van der Waals surface area contributed by atoms with Crippen molar-refractivity contribution >= 4 is 5.82 Å². The zero-order valence-corrected chi connectivity index (χ0v) is 11.3. The molecule has 1 unspecified atom stereocenters. The first-order valence-corrected chi connectivity index (χ1v) is 6.31. The number of nitrogen functional groups attached to an aromatic ring is 1. The van der Waals surface area contributed by atoms with E-state index in [4.69, 9.17) is 15.2 Å². The van der Waals surface area contributed by atoms with Crippen LogP contribution in [0.2, 0.25) is 0 Å². The molecular formula is C13H21N3O2. The number of rotatable bonds is 3. The topological polar surface area (TPSA) is 70.3 Å². The van der Waals surface area contributed by atoms with Crippen LogP contribution in [0.25, 0.3) is 0 Å². The first-order valence-electron chi connectivity index (χ1n) is 6.31. The van der Waals surface area contributed by atoms with Crippen molar-refractivity contribution in [1.29, 1.82) is 0 Å². The average molecular weight is 251 g/mol. The Morgan fingerprint density at radius 1 is 1.44 bits per heavy atom. The lowest BCUT2D eigenvalue weighted by atomic mass is 9.96. The minimum absolute atomic E-state index is 0.135. The number of nitrogens with two attached hydrogens (primary N) is 1. The Bertz CT molecular complexity index is 409. The summed E-state index contributed by atoms with van der Waals surface area (Å²) in [5, 5.41) is 0. The van der Waals surface area contributed by atoms with E-state index in [0.717, 1.165) is 19.6 Å². The molecule has 0 spiro atoms. The van der Waals surface area contributed by atoms with Gasteiger partial charge >= 0.3 is 0 Å². The van der Waals surface area contributed by atoms with E-state index in [1.165, 1.54) is 0 Å². The van der Waals surface area contributed by atoms with Crippen molar-refractivity contribution in [3.05, 3.63) is 11.9 Å². The Hall–Kier alpha value is -1.36. The quantitative estimate of drug-likeness (QED) is 0.886. The first-order chi connectivity index (χ1) is 8.45. The predicted octanol–water partition coefficient (Wildman–Crippen LogP) is 1.77. The lowest BCUT2D eigenvalue weighted by Gasteiger charge is -2.18. The molecule has 18 heavy (non-hydrogen) atoms. The molecule has 2 heterocycles. The highest BCUT2D eigenvalue weighted by Crippen LogP contribution is 2.23.